The fourth-order valence-corrected chi connectivity index (χ4v) is 0.893. The van der Waals surface area contributed by atoms with Gasteiger partial charge in [0.2, 0.25) is 5.91 Å². The first-order valence-electron chi connectivity index (χ1n) is 4.13. The van der Waals surface area contributed by atoms with Crippen LogP contribution in [0.3, 0.4) is 0 Å². The Morgan fingerprint density at radius 1 is 1.00 bits per heavy atom. The van der Waals surface area contributed by atoms with Crippen molar-refractivity contribution in [1.82, 2.24) is 0 Å². The van der Waals surface area contributed by atoms with Crippen LogP contribution in [0.5, 0.6) is 0 Å². The average molecular weight is 225 g/mol. The van der Waals surface area contributed by atoms with Crippen LogP contribution in [0.1, 0.15) is 0 Å². The number of aliphatic hydroxyl groups excluding tert-OH is 6. The fourth-order valence-electron chi connectivity index (χ4n) is 0.893. The van der Waals surface area contributed by atoms with Crippen LogP contribution in [-0.4, -0.2) is 73.7 Å². The van der Waals surface area contributed by atoms with Crippen LogP contribution in [0.2, 0.25) is 0 Å². The highest BCUT2D eigenvalue weighted by Gasteiger charge is 2.36. The lowest BCUT2D eigenvalue weighted by atomic mass is 9.99. The first kappa shape index (κ1) is 14.2. The van der Waals surface area contributed by atoms with Crippen molar-refractivity contribution >= 4 is 5.91 Å². The van der Waals surface area contributed by atoms with Gasteiger partial charge < -0.3 is 36.4 Å². The molecule has 8 nitrogen and oxygen atoms in total. The average Bonchev–Trinajstić information content (AvgIpc) is 2.23. The summed E-state index contributed by atoms with van der Waals surface area (Å²) < 4.78 is 0. The Balaban J connectivity index is 4.42. The summed E-state index contributed by atoms with van der Waals surface area (Å²) in [5, 5.41) is 53.6. The lowest BCUT2D eigenvalue weighted by molar-refractivity contribution is -0.154. The zero-order chi connectivity index (χ0) is 12.2. The molecule has 0 radical (unpaired) electrons. The normalized spacial score (nSPS) is 21.5. The van der Waals surface area contributed by atoms with E-state index in [0.717, 1.165) is 0 Å². The molecule has 0 aromatic heterocycles. The maximum absolute atomic E-state index is 10.4. The van der Waals surface area contributed by atoms with E-state index < -0.39 is 43.0 Å². The van der Waals surface area contributed by atoms with E-state index in [2.05, 4.69) is 5.73 Å². The molecule has 5 atom stereocenters. The molecule has 0 rings (SSSR count). The number of carbonyl (C=O) groups is 1. The molecular weight excluding hydrogens is 210 g/mol. The number of nitrogens with two attached hydrogens (primary N) is 1. The minimum Gasteiger partial charge on any atom is -0.394 e. The summed E-state index contributed by atoms with van der Waals surface area (Å²) in [6.45, 7) is -0.850. The highest BCUT2D eigenvalue weighted by atomic mass is 16.4. The molecule has 0 aliphatic heterocycles. The second-order valence-electron chi connectivity index (χ2n) is 3.07. The molecule has 90 valence electrons. The van der Waals surface area contributed by atoms with Gasteiger partial charge in [-0.3, -0.25) is 4.79 Å². The van der Waals surface area contributed by atoms with Gasteiger partial charge in [-0.1, -0.05) is 0 Å². The molecule has 0 fully saturated rings. The maximum Gasteiger partial charge on any atom is 0.249 e. The molecule has 8 N–H and O–H groups in total. The van der Waals surface area contributed by atoms with E-state index in [1.807, 2.05) is 0 Å². The molecule has 1 amide bonds. The molecule has 0 saturated carbocycles. The lowest BCUT2D eigenvalue weighted by Gasteiger charge is -2.27. The molecule has 0 aliphatic rings. The summed E-state index contributed by atoms with van der Waals surface area (Å²) in [4.78, 5) is 10.4. The van der Waals surface area contributed by atoms with E-state index in [1.54, 1.807) is 0 Å². The Bertz CT molecular complexity index is 212. The number of rotatable bonds is 6. The zero-order valence-electron chi connectivity index (χ0n) is 7.76. The van der Waals surface area contributed by atoms with Crippen molar-refractivity contribution in [2.75, 3.05) is 6.61 Å². The van der Waals surface area contributed by atoms with Gasteiger partial charge in [-0.25, -0.2) is 0 Å². The minimum atomic E-state index is -2.07. The molecule has 0 aliphatic carbocycles. The van der Waals surface area contributed by atoms with Crippen molar-refractivity contribution < 1.29 is 35.4 Å². The molecule has 0 heterocycles. The summed E-state index contributed by atoms with van der Waals surface area (Å²) in [6.07, 6.45) is -9.72. The third kappa shape index (κ3) is 3.70. The van der Waals surface area contributed by atoms with Crippen LogP contribution < -0.4 is 5.73 Å². The number of primary amides is 1. The standard InChI is InChI=1S/C7H15NO7/c8-7(15)6(14)5(13)4(12)3(11)2(10)1-9/h2-6,9-14H,1H2,(H2,8,15)/t2-,3+,4-,5-,6-/m1/s1. The SMILES string of the molecule is NC(=O)[C@H](O)[C@H](O)[C@H](O)[C@@H](O)[C@H](O)CO. The molecule has 0 unspecified atom stereocenters. The zero-order valence-corrected chi connectivity index (χ0v) is 7.76. The predicted octanol–water partition coefficient (Wildman–Crippen LogP) is -4.73. The Kier molecular flexibility index (Phi) is 5.65. The van der Waals surface area contributed by atoms with Crippen molar-refractivity contribution in [3.05, 3.63) is 0 Å². The van der Waals surface area contributed by atoms with Crippen LogP contribution in [-0.2, 0) is 4.79 Å². The number of hydrogen-bond acceptors (Lipinski definition) is 7. The minimum absolute atomic E-state index is 0.850. The second kappa shape index (κ2) is 5.95. The quantitative estimate of drug-likeness (QED) is 0.238. The van der Waals surface area contributed by atoms with Gasteiger partial charge in [0, 0.05) is 0 Å². The number of amides is 1. The molecule has 0 bridgehead atoms. The lowest BCUT2D eigenvalue weighted by Crippen LogP contribution is -2.53. The molecular formula is C7H15NO7. The Morgan fingerprint density at radius 3 is 1.80 bits per heavy atom. The Hall–Kier alpha value is -0.770. The second-order valence-corrected chi connectivity index (χ2v) is 3.07. The third-order valence-corrected chi connectivity index (χ3v) is 1.90. The molecule has 0 spiro atoms. The van der Waals surface area contributed by atoms with Crippen molar-refractivity contribution in [2.24, 2.45) is 5.73 Å². The van der Waals surface area contributed by atoms with Gasteiger partial charge in [-0.15, -0.1) is 0 Å². The summed E-state index contributed by atoms with van der Waals surface area (Å²) in [7, 11) is 0. The topological polar surface area (TPSA) is 164 Å². The first-order chi connectivity index (χ1) is 6.82. The van der Waals surface area contributed by atoms with Crippen molar-refractivity contribution in [1.29, 1.82) is 0 Å². The Morgan fingerprint density at radius 2 is 1.47 bits per heavy atom. The highest BCUT2D eigenvalue weighted by Crippen LogP contribution is 2.08. The van der Waals surface area contributed by atoms with Crippen LogP contribution in [0, 0.1) is 0 Å². The molecule has 0 aromatic carbocycles. The fraction of sp³-hybridized carbons (Fsp3) is 0.857. The van der Waals surface area contributed by atoms with Gasteiger partial charge >= 0.3 is 0 Å². The number of aliphatic hydroxyl groups is 6. The van der Waals surface area contributed by atoms with Crippen LogP contribution in [0.25, 0.3) is 0 Å². The molecule has 0 aromatic rings. The highest BCUT2D eigenvalue weighted by molar-refractivity contribution is 5.79. The van der Waals surface area contributed by atoms with E-state index in [-0.39, 0.29) is 0 Å². The van der Waals surface area contributed by atoms with Crippen LogP contribution >= 0.6 is 0 Å². The largest absolute Gasteiger partial charge is 0.394 e. The maximum atomic E-state index is 10.4. The van der Waals surface area contributed by atoms with E-state index in [0.29, 0.717) is 0 Å². The third-order valence-electron chi connectivity index (χ3n) is 1.90. The summed E-state index contributed by atoms with van der Waals surface area (Å²) in [5.74, 6) is -1.28. The van der Waals surface area contributed by atoms with Crippen LogP contribution in [0.15, 0.2) is 0 Å². The van der Waals surface area contributed by atoms with Gasteiger partial charge in [-0.2, -0.15) is 0 Å². The van der Waals surface area contributed by atoms with E-state index >= 15 is 0 Å². The number of hydrogen-bond donors (Lipinski definition) is 7. The molecule has 15 heavy (non-hydrogen) atoms. The van der Waals surface area contributed by atoms with Gasteiger partial charge in [0.05, 0.1) is 6.61 Å². The Labute approximate surface area is 85.2 Å². The van der Waals surface area contributed by atoms with E-state index in [9.17, 15) is 4.79 Å². The predicted molar refractivity (Wildman–Crippen MR) is 46.3 cm³/mol. The van der Waals surface area contributed by atoms with E-state index in [4.69, 9.17) is 30.6 Å². The molecule has 8 heteroatoms. The first-order valence-corrected chi connectivity index (χ1v) is 4.13. The van der Waals surface area contributed by atoms with Gasteiger partial charge in [0.25, 0.3) is 0 Å². The van der Waals surface area contributed by atoms with E-state index in [1.165, 1.54) is 0 Å². The van der Waals surface area contributed by atoms with Crippen molar-refractivity contribution in [2.45, 2.75) is 30.5 Å². The van der Waals surface area contributed by atoms with Crippen molar-refractivity contribution in [3.63, 3.8) is 0 Å². The summed E-state index contributed by atoms with van der Waals surface area (Å²) >= 11 is 0. The van der Waals surface area contributed by atoms with Gasteiger partial charge in [0.15, 0.2) is 6.10 Å². The smallest absolute Gasteiger partial charge is 0.249 e. The summed E-state index contributed by atoms with van der Waals surface area (Å²) in [6, 6.07) is 0. The number of carbonyl (C=O) groups excluding carboxylic acids is 1. The summed E-state index contributed by atoms with van der Waals surface area (Å²) in [5.41, 5.74) is 4.63. The van der Waals surface area contributed by atoms with Gasteiger partial charge in [0.1, 0.15) is 24.4 Å². The van der Waals surface area contributed by atoms with Crippen molar-refractivity contribution in [3.8, 4) is 0 Å². The monoisotopic (exact) mass is 225 g/mol. The van der Waals surface area contributed by atoms with Crippen LogP contribution in [0.4, 0.5) is 0 Å². The molecule has 0 saturated heterocycles. The van der Waals surface area contributed by atoms with Gasteiger partial charge in [-0.05, 0) is 0 Å².